The second kappa shape index (κ2) is 9.49. The molecule has 3 aromatic heterocycles. The van der Waals surface area contributed by atoms with Gasteiger partial charge >= 0.3 is 0 Å². The molecule has 1 aliphatic rings. The van der Waals surface area contributed by atoms with E-state index in [0.717, 1.165) is 42.8 Å². The van der Waals surface area contributed by atoms with E-state index in [1.165, 1.54) is 21.4 Å². The second-order valence-electron chi connectivity index (χ2n) is 9.02. The Hall–Kier alpha value is -3.13. The van der Waals surface area contributed by atoms with E-state index in [1.54, 1.807) is 12.3 Å². The molecule has 1 fully saturated rings. The van der Waals surface area contributed by atoms with Crippen molar-refractivity contribution in [3.05, 3.63) is 94.0 Å². The Kier molecular flexibility index (Phi) is 6.06. The molecular weight excluding hydrogens is 480 g/mol. The summed E-state index contributed by atoms with van der Waals surface area (Å²) in [4.78, 5) is 8.55. The van der Waals surface area contributed by atoms with Crippen LogP contribution in [-0.4, -0.2) is 37.7 Å². The summed E-state index contributed by atoms with van der Waals surface area (Å²) in [5.74, 6) is 1.83. The fourth-order valence-corrected chi connectivity index (χ4v) is 6.22. The van der Waals surface area contributed by atoms with Crippen LogP contribution in [0.5, 0.6) is 5.88 Å². The van der Waals surface area contributed by atoms with Gasteiger partial charge in [0.1, 0.15) is 0 Å². The van der Waals surface area contributed by atoms with Crippen LogP contribution in [0.2, 0.25) is 5.02 Å². The molecule has 0 radical (unpaired) electrons. The molecule has 5 aromatic rings. The fraction of sp³-hybridized carbons (Fsp3) is 0.259. The Morgan fingerprint density at radius 3 is 2.49 bits per heavy atom. The van der Waals surface area contributed by atoms with Gasteiger partial charge in [-0.25, -0.2) is 0 Å². The Bertz CT molecular complexity index is 1410. The Morgan fingerprint density at radius 1 is 1.03 bits per heavy atom. The monoisotopic (exact) mass is 504 g/mol. The van der Waals surface area contributed by atoms with Crippen LogP contribution < -0.4 is 0 Å². The summed E-state index contributed by atoms with van der Waals surface area (Å²) in [5.41, 5.74) is 2.50. The zero-order chi connectivity index (χ0) is 23.8. The van der Waals surface area contributed by atoms with E-state index in [4.69, 9.17) is 16.0 Å². The summed E-state index contributed by atoms with van der Waals surface area (Å²) < 4.78 is 6.95. The van der Waals surface area contributed by atoms with Crippen molar-refractivity contribution < 1.29 is 9.52 Å². The SMILES string of the molecule is Oc1c([C@H](c2ccc(Cl)cc2)N2CCC(Cc3ccccc3)CC2)sc2nc(-c3ccco3)nn12. The van der Waals surface area contributed by atoms with E-state index >= 15 is 0 Å². The number of thiazole rings is 1. The van der Waals surface area contributed by atoms with Gasteiger partial charge in [0, 0.05) is 5.02 Å². The number of hydrogen-bond donors (Lipinski definition) is 1. The van der Waals surface area contributed by atoms with E-state index in [1.807, 2.05) is 30.3 Å². The highest BCUT2D eigenvalue weighted by Gasteiger charge is 2.32. The smallest absolute Gasteiger partial charge is 0.230 e. The third kappa shape index (κ3) is 4.47. The van der Waals surface area contributed by atoms with Crippen LogP contribution in [0.1, 0.15) is 34.9 Å². The number of likely N-dealkylation sites (tertiary alicyclic amines) is 1. The largest absolute Gasteiger partial charge is 0.492 e. The van der Waals surface area contributed by atoms with Crippen LogP contribution in [0, 0.1) is 5.92 Å². The summed E-state index contributed by atoms with van der Waals surface area (Å²) in [5, 5.41) is 16.5. The average Bonchev–Trinajstić information content (AvgIpc) is 3.61. The number of furan rings is 1. The third-order valence-corrected chi connectivity index (χ3v) is 8.08. The van der Waals surface area contributed by atoms with Gasteiger partial charge in [-0.05, 0) is 73.7 Å². The molecule has 0 unspecified atom stereocenters. The maximum Gasteiger partial charge on any atom is 0.230 e. The Morgan fingerprint density at radius 2 is 1.80 bits per heavy atom. The first-order valence-electron chi connectivity index (χ1n) is 11.8. The molecule has 1 saturated heterocycles. The molecule has 6 rings (SSSR count). The third-order valence-electron chi connectivity index (χ3n) is 6.76. The maximum absolute atomic E-state index is 11.3. The van der Waals surface area contributed by atoms with Crippen molar-refractivity contribution in [2.75, 3.05) is 13.1 Å². The lowest BCUT2D eigenvalue weighted by molar-refractivity contribution is 0.150. The van der Waals surface area contributed by atoms with E-state index in [0.29, 0.717) is 27.5 Å². The minimum atomic E-state index is -0.0921. The molecule has 4 heterocycles. The summed E-state index contributed by atoms with van der Waals surface area (Å²) in [6.45, 7) is 1.91. The van der Waals surface area contributed by atoms with Crippen LogP contribution in [0.4, 0.5) is 0 Å². The van der Waals surface area contributed by atoms with E-state index < -0.39 is 0 Å². The quantitative estimate of drug-likeness (QED) is 0.287. The van der Waals surface area contributed by atoms with Gasteiger partial charge < -0.3 is 9.52 Å². The number of piperidine rings is 1. The van der Waals surface area contributed by atoms with Crippen LogP contribution in [0.15, 0.2) is 77.4 Å². The highest BCUT2D eigenvalue weighted by Crippen LogP contribution is 2.42. The van der Waals surface area contributed by atoms with Crippen molar-refractivity contribution in [3.8, 4) is 17.5 Å². The molecule has 2 aromatic carbocycles. The van der Waals surface area contributed by atoms with Crippen molar-refractivity contribution in [2.45, 2.75) is 25.3 Å². The van der Waals surface area contributed by atoms with Crippen molar-refractivity contribution in [1.82, 2.24) is 19.5 Å². The van der Waals surface area contributed by atoms with Crippen LogP contribution in [0.3, 0.4) is 0 Å². The molecule has 1 atom stereocenters. The number of benzene rings is 2. The molecule has 6 nitrogen and oxygen atoms in total. The topological polar surface area (TPSA) is 66.8 Å². The molecule has 0 saturated carbocycles. The number of hydrogen-bond acceptors (Lipinski definition) is 6. The van der Waals surface area contributed by atoms with E-state index in [-0.39, 0.29) is 11.9 Å². The Balaban J connectivity index is 1.29. The first-order valence-corrected chi connectivity index (χ1v) is 13.0. The lowest BCUT2D eigenvalue weighted by Gasteiger charge is -2.37. The number of nitrogens with zero attached hydrogens (tertiary/aromatic N) is 4. The fourth-order valence-electron chi connectivity index (χ4n) is 4.97. The molecule has 0 aliphatic carbocycles. The molecule has 0 amide bonds. The number of aromatic hydroxyl groups is 1. The maximum atomic E-state index is 11.3. The molecule has 0 bridgehead atoms. The van der Waals surface area contributed by atoms with Gasteiger partial charge in [0.25, 0.3) is 0 Å². The van der Waals surface area contributed by atoms with Crippen molar-refractivity contribution >= 4 is 27.9 Å². The first kappa shape index (κ1) is 22.3. The predicted molar refractivity (Wildman–Crippen MR) is 138 cm³/mol. The minimum absolute atomic E-state index is 0.0921. The van der Waals surface area contributed by atoms with Gasteiger partial charge in [-0.3, -0.25) is 4.90 Å². The Labute approximate surface area is 212 Å². The van der Waals surface area contributed by atoms with Crippen LogP contribution >= 0.6 is 22.9 Å². The summed E-state index contributed by atoms with van der Waals surface area (Å²) >= 11 is 7.66. The predicted octanol–water partition coefficient (Wildman–Crippen LogP) is 6.45. The van der Waals surface area contributed by atoms with Gasteiger partial charge in [-0.15, -0.1) is 5.10 Å². The van der Waals surface area contributed by atoms with Gasteiger partial charge in [0.15, 0.2) is 5.76 Å². The molecule has 1 N–H and O–H groups in total. The molecule has 8 heteroatoms. The van der Waals surface area contributed by atoms with Gasteiger partial charge in [-0.1, -0.05) is 65.4 Å². The first-order chi connectivity index (χ1) is 17.2. The van der Waals surface area contributed by atoms with Crippen molar-refractivity contribution in [2.24, 2.45) is 5.92 Å². The highest BCUT2D eigenvalue weighted by atomic mass is 35.5. The summed E-state index contributed by atoms with van der Waals surface area (Å²) in [6.07, 6.45) is 4.93. The standard InChI is InChI=1S/C27H25ClN4O2S/c28-21-10-8-20(9-11-21)23(31-14-12-19(13-15-31)17-18-5-2-1-3-6-18)24-26(33)32-27(35-24)29-25(30-32)22-7-4-16-34-22/h1-11,16,19,23,33H,12-15,17H2/t23-/m0/s1. The zero-order valence-electron chi connectivity index (χ0n) is 19.0. The second-order valence-corrected chi connectivity index (χ2v) is 10.5. The van der Waals surface area contributed by atoms with E-state index in [9.17, 15) is 5.11 Å². The molecule has 35 heavy (non-hydrogen) atoms. The molecule has 178 valence electrons. The summed E-state index contributed by atoms with van der Waals surface area (Å²) in [7, 11) is 0. The normalized spacial score (nSPS) is 16.1. The van der Waals surface area contributed by atoms with Crippen LogP contribution in [0.25, 0.3) is 16.5 Å². The molecular formula is C27H25ClN4O2S. The number of fused-ring (bicyclic) bond motifs is 1. The minimum Gasteiger partial charge on any atom is -0.492 e. The highest BCUT2D eigenvalue weighted by molar-refractivity contribution is 7.17. The van der Waals surface area contributed by atoms with Crippen LogP contribution in [-0.2, 0) is 6.42 Å². The van der Waals surface area contributed by atoms with Crippen molar-refractivity contribution in [3.63, 3.8) is 0 Å². The average molecular weight is 505 g/mol. The number of rotatable bonds is 6. The van der Waals surface area contributed by atoms with Gasteiger partial charge in [0.05, 0.1) is 17.2 Å². The summed E-state index contributed by atoms with van der Waals surface area (Å²) in [6, 6.07) is 22.2. The van der Waals surface area contributed by atoms with Gasteiger partial charge in [0.2, 0.25) is 16.7 Å². The zero-order valence-corrected chi connectivity index (χ0v) is 20.6. The molecule has 0 spiro atoms. The lowest BCUT2D eigenvalue weighted by Crippen LogP contribution is -2.37. The molecule has 1 aliphatic heterocycles. The van der Waals surface area contributed by atoms with Gasteiger partial charge in [-0.2, -0.15) is 9.50 Å². The van der Waals surface area contributed by atoms with E-state index in [2.05, 4.69) is 45.3 Å². The number of aromatic nitrogens is 3. The lowest BCUT2D eigenvalue weighted by atomic mass is 9.89. The van der Waals surface area contributed by atoms with Crippen molar-refractivity contribution in [1.29, 1.82) is 0 Å². The number of halogens is 1.